The minimum absolute atomic E-state index is 0.00168. The third-order valence-electron chi connectivity index (χ3n) is 3.32. The predicted molar refractivity (Wildman–Crippen MR) is 77.8 cm³/mol. The van der Waals surface area contributed by atoms with Gasteiger partial charge in [0.25, 0.3) is 0 Å². The summed E-state index contributed by atoms with van der Waals surface area (Å²) in [7, 11) is 1.35. The third-order valence-corrected chi connectivity index (χ3v) is 3.32. The van der Waals surface area contributed by atoms with E-state index >= 15 is 0 Å². The molecule has 0 fully saturated rings. The summed E-state index contributed by atoms with van der Waals surface area (Å²) in [6.45, 7) is 0. The number of methoxy groups -OCH3 is 1. The molecule has 0 aliphatic heterocycles. The molecule has 1 aliphatic carbocycles. The summed E-state index contributed by atoms with van der Waals surface area (Å²) in [5.41, 5.74) is 8.11. The smallest absolute Gasteiger partial charge is 0.246 e. The minimum Gasteiger partial charge on any atom is -0.492 e. The number of anilines is 1. The van der Waals surface area contributed by atoms with Gasteiger partial charge in [0.05, 0.1) is 18.4 Å². The van der Waals surface area contributed by atoms with Gasteiger partial charge >= 0.3 is 0 Å². The average Bonchev–Trinajstić information content (AvgIpc) is 2.51. The summed E-state index contributed by atoms with van der Waals surface area (Å²) in [6, 6.07) is 10.5. The van der Waals surface area contributed by atoms with Crippen molar-refractivity contribution >= 4 is 17.3 Å². The molecule has 1 aliphatic rings. The number of ether oxygens (including phenoxy) is 1. The highest BCUT2D eigenvalue weighted by Crippen LogP contribution is 2.27. The molecule has 1 aromatic carbocycles. The highest BCUT2D eigenvalue weighted by Gasteiger charge is 2.28. The third kappa shape index (κ3) is 2.08. The van der Waals surface area contributed by atoms with Gasteiger partial charge in [0, 0.05) is 17.3 Å². The molecule has 0 bridgehead atoms. The Morgan fingerprint density at radius 3 is 2.52 bits per heavy atom. The molecule has 0 spiro atoms. The monoisotopic (exact) mass is 280 g/mol. The van der Waals surface area contributed by atoms with Gasteiger partial charge in [-0.1, -0.05) is 18.2 Å². The molecule has 0 saturated heterocycles. The first-order valence-corrected chi connectivity index (χ1v) is 6.32. The number of carbonyl (C=O) groups excluding carboxylic acids is 2. The molecule has 2 aromatic rings. The Bertz CT molecular complexity index is 794. The highest BCUT2D eigenvalue weighted by atomic mass is 16.5. The molecule has 0 amide bonds. The fourth-order valence-electron chi connectivity index (χ4n) is 2.24. The van der Waals surface area contributed by atoms with Crippen molar-refractivity contribution < 1.29 is 14.3 Å². The van der Waals surface area contributed by atoms with Crippen LogP contribution in [-0.2, 0) is 4.74 Å². The zero-order valence-corrected chi connectivity index (χ0v) is 11.3. The minimum atomic E-state index is -0.400. The van der Waals surface area contributed by atoms with E-state index in [9.17, 15) is 9.59 Å². The van der Waals surface area contributed by atoms with Crippen molar-refractivity contribution in [3.05, 3.63) is 59.5 Å². The second kappa shape index (κ2) is 4.86. The van der Waals surface area contributed by atoms with E-state index in [-0.39, 0.29) is 22.8 Å². The van der Waals surface area contributed by atoms with Crippen LogP contribution in [0.4, 0.5) is 5.69 Å². The van der Waals surface area contributed by atoms with Crippen LogP contribution in [0.5, 0.6) is 0 Å². The Morgan fingerprint density at radius 2 is 1.81 bits per heavy atom. The van der Waals surface area contributed by atoms with Gasteiger partial charge in [0.1, 0.15) is 5.69 Å². The molecule has 1 aromatic heterocycles. The van der Waals surface area contributed by atoms with Gasteiger partial charge in [-0.25, -0.2) is 4.98 Å². The maximum Gasteiger partial charge on any atom is 0.246 e. The maximum absolute atomic E-state index is 12.2. The summed E-state index contributed by atoms with van der Waals surface area (Å²) in [5, 5.41) is 0. The molecular weight excluding hydrogens is 268 g/mol. The lowest BCUT2D eigenvalue weighted by Gasteiger charge is -2.14. The SMILES string of the molecule is COC1=CC(=O)c2ccc(-c3ccccc3N)nc2C1=O. The summed E-state index contributed by atoms with van der Waals surface area (Å²) in [6.07, 6.45) is 1.18. The first-order valence-electron chi connectivity index (χ1n) is 6.32. The largest absolute Gasteiger partial charge is 0.492 e. The van der Waals surface area contributed by atoms with Gasteiger partial charge < -0.3 is 10.5 Å². The van der Waals surface area contributed by atoms with E-state index < -0.39 is 5.78 Å². The molecule has 0 unspecified atom stereocenters. The number of para-hydroxylation sites is 1. The van der Waals surface area contributed by atoms with E-state index in [1.807, 2.05) is 18.2 Å². The summed E-state index contributed by atoms with van der Waals surface area (Å²) < 4.78 is 4.93. The van der Waals surface area contributed by atoms with E-state index in [2.05, 4.69) is 4.98 Å². The van der Waals surface area contributed by atoms with Crippen LogP contribution < -0.4 is 5.73 Å². The van der Waals surface area contributed by atoms with Crippen LogP contribution >= 0.6 is 0 Å². The molecule has 0 radical (unpaired) electrons. The number of Topliss-reactive ketones (excluding diaryl/α,β-unsaturated/α-hetero) is 1. The Morgan fingerprint density at radius 1 is 1.05 bits per heavy atom. The van der Waals surface area contributed by atoms with Gasteiger partial charge in [-0.15, -0.1) is 0 Å². The number of ketones is 2. The van der Waals surface area contributed by atoms with Crippen molar-refractivity contribution in [2.75, 3.05) is 12.8 Å². The number of nitrogens with zero attached hydrogens (tertiary/aromatic N) is 1. The van der Waals surface area contributed by atoms with Crippen LogP contribution in [0.15, 0.2) is 48.2 Å². The number of carbonyl (C=O) groups is 2. The van der Waals surface area contributed by atoms with Crippen molar-refractivity contribution in [2.45, 2.75) is 0 Å². The number of allylic oxidation sites excluding steroid dienone is 2. The molecule has 104 valence electrons. The average molecular weight is 280 g/mol. The summed E-state index contributed by atoms with van der Waals surface area (Å²) >= 11 is 0. The molecular formula is C16H12N2O3. The number of aromatic nitrogens is 1. The van der Waals surface area contributed by atoms with Crippen LogP contribution in [0.25, 0.3) is 11.3 Å². The Labute approximate surface area is 121 Å². The molecule has 0 saturated carbocycles. The fourth-order valence-corrected chi connectivity index (χ4v) is 2.24. The van der Waals surface area contributed by atoms with Gasteiger partial charge in [-0.05, 0) is 18.2 Å². The predicted octanol–water partition coefficient (Wildman–Crippen LogP) is 2.24. The number of nitrogen functional groups attached to an aromatic ring is 1. The topological polar surface area (TPSA) is 82.3 Å². The molecule has 21 heavy (non-hydrogen) atoms. The van der Waals surface area contributed by atoms with Crippen LogP contribution in [0.2, 0.25) is 0 Å². The quantitative estimate of drug-likeness (QED) is 0.853. The number of hydrogen-bond donors (Lipinski definition) is 1. The molecule has 0 atom stereocenters. The number of hydrogen-bond acceptors (Lipinski definition) is 5. The Kier molecular flexibility index (Phi) is 3.02. The number of pyridine rings is 1. The number of nitrogens with two attached hydrogens (primary N) is 1. The van der Waals surface area contributed by atoms with Crippen LogP contribution in [-0.4, -0.2) is 23.7 Å². The summed E-state index contributed by atoms with van der Waals surface area (Å²) in [4.78, 5) is 28.5. The van der Waals surface area contributed by atoms with Gasteiger partial charge in [0.15, 0.2) is 11.5 Å². The normalized spacial score (nSPS) is 13.7. The molecule has 3 rings (SSSR count). The van der Waals surface area contributed by atoms with E-state index in [4.69, 9.17) is 10.5 Å². The zero-order chi connectivity index (χ0) is 15.0. The second-order valence-electron chi connectivity index (χ2n) is 4.59. The molecule has 5 heteroatoms. The van der Waals surface area contributed by atoms with Crippen LogP contribution in [0, 0.1) is 0 Å². The summed E-state index contributed by atoms with van der Waals surface area (Å²) in [5.74, 6) is -0.692. The molecule has 5 nitrogen and oxygen atoms in total. The van der Waals surface area contributed by atoms with Crippen molar-refractivity contribution in [1.82, 2.24) is 4.98 Å². The molecule has 1 heterocycles. The zero-order valence-electron chi connectivity index (χ0n) is 11.3. The Balaban J connectivity index is 2.16. The lowest BCUT2D eigenvalue weighted by molar-refractivity contribution is 0.0912. The van der Waals surface area contributed by atoms with Gasteiger partial charge in [-0.3, -0.25) is 9.59 Å². The van der Waals surface area contributed by atoms with E-state index in [1.54, 1.807) is 18.2 Å². The first kappa shape index (κ1) is 13.1. The van der Waals surface area contributed by atoms with E-state index in [0.29, 0.717) is 16.9 Å². The maximum atomic E-state index is 12.2. The standard InChI is InChI=1S/C16H12N2O3/c1-21-14-8-13(19)10-6-7-12(18-15(10)16(14)20)9-4-2-3-5-11(9)17/h2-8H,17H2,1H3. The highest BCUT2D eigenvalue weighted by molar-refractivity contribution is 6.23. The lowest BCUT2D eigenvalue weighted by atomic mass is 9.97. The lowest BCUT2D eigenvalue weighted by Crippen LogP contribution is -2.20. The van der Waals surface area contributed by atoms with Crippen molar-refractivity contribution in [3.63, 3.8) is 0 Å². The fraction of sp³-hybridized carbons (Fsp3) is 0.0625. The van der Waals surface area contributed by atoms with Crippen LogP contribution in [0.1, 0.15) is 20.8 Å². The van der Waals surface area contributed by atoms with Crippen molar-refractivity contribution in [2.24, 2.45) is 0 Å². The second-order valence-corrected chi connectivity index (χ2v) is 4.59. The van der Waals surface area contributed by atoms with E-state index in [0.717, 1.165) is 0 Å². The van der Waals surface area contributed by atoms with Crippen molar-refractivity contribution in [3.8, 4) is 11.3 Å². The van der Waals surface area contributed by atoms with Gasteiger partial charge in [-0.2, -0.15) is 0 Å². The first-order chi connectivity index (χ1) is 10.1. The number of benzene rings is 1. The van der Waals surface area contributed by atoms with Crippen LogP contribution in [0.3, 0.4) is 0 Å². The van der Waals surface area contributed by atoms with Gasteiger partial charge in [0.2, 0.25) is 5.78 Å². The number of fused-ring (bicyclic) bond motifs is 1. The molecule has 2 N–H and O–H groups in total. The number of rotatable bonds is 2. The van der Waals surface area contributed by atoms with Crippen molar-refractivity contribution in [1.29, 1.82) is 0 Å². The Hall–Kier alpha value is -2.95. The van der Waals surface area contributed by atoms with E-state index in [1.165, 1.54) is 13.2 Å².